The number of halogens is 2. The fourth-order valence-electron chi connectivity index (χ4n) is 2.73. The molecule has 0 aliphatic carbocycles. The van der Waals surface area contributed by atoms with Crippen molar-refractivity contribution in [1.82, 2.24) is 14.8 Å². The first-order chi connectivity index (χ1) is 14.8. The van der Waals surface area contributed by atoms with Crippen LogP contribution in [0.2, 0.25) is 0 Å². The molecule has 0 aliphatic rings. The van der Waals surface area contributed by atoms with Crippen LogP contribution in [0.15, 0.2) is 47.6 Å². The van der Waals surface area contributed by atoms with Gasteiger partial charge in [0.05, 0.1) is 18.0 Å². The number of nitrogens with zero attached hydrogens (tertiary/aromatic N) is 3. The molecule has 164 valence electrons. The Morgan fingerprint density at radius 2 is 1.77 bits per heavy atom. The number of amides is 1. The van der Waals surface area contributed by atoms with E-state index in [1.54, 1.807) is 49.9 Å². The maximum atomic E-state index is 13.8. The number of hydrogen-bond donors (Lipinski definition) is 1. The van der Waals surface area contributed by atoms with Gasteiger partial charge in [0.15, 0.2) is 17.1 Å². The zero-order valence-electron chi connectivity index (χ0n) is 17.4. The van der Waals surface area contributed by atoms with Crippen LogP contribution in [0.3, 0.4) is 0 Å². The number of thioether (sulfide) groups is 1. The standard InChI is InChI=1S/C21H22F2N4O3S/c1-12(30-16-8-6-15(29-4)7-9-16)19-25-26-21(27(19)3)31-13(2)20(28)24-18-10-5-14(22)11-17(18)23/h5-13H,1-4H3,(H,24,28). The van der Waals surface area contributed by atoms with E-state index in [9.17, 15) is 13.6 Å². The normalized spacial score (nSPS) is 12.8. The highest BCUT2D eigenvalue weighted by atomic mass is 32.2. The number of rotatable bonds is 8. The van der Waals surface area contributed by atoms with E-state index in [2.05, 4.69) is 15.5 Å². The van der Waals surface area contributed by atoms with Crippen LogP contribution < -0.4 is 14.8 Å². The number of benzene rings is 2. The average Bonchev–Trinajstić information content (AvgIpc) is 3.10. The molecule has 7 nitrogen and oxygen atoms in total. The summed E-state index contributed by atoms with van der Waals surface area (Å²) in [5.41, 5.74) is -0.0842. The molecule has 0 saturated carbocycles. The van der Waals surface area contributed by atoms with Crippen LogP contribution in [0.5, 0.6) is 11.5 Å². The smallest absolute Gasteiger partial charge is 0.237 e. The predicted octanol–water partition coefficient (Wildman–Crippen LogP) is 4.36. The quantitative estimate of drug-likeness (QED) is 0.516. The number of hydrogen-bond acceptors (Lipinski definition) is 6. The molecule has 0 spiro atoms. The molecule has 3 aromatic rings. The van der Waals surface area contributed by atoms with Gasteiger partial charge in [-0.1, -0.05) is 11.8 Å². The summed E-state index contributed by atoms with van der Waals surface area (Å²) in [5.74, 6) is -0.0330. The molecule has 0 fully saturated rings. The average molecular weight is 448 g/mol. The van der Waals surface area contributed by atoms with Gasteiger partial charge in [0, 0.05) is 13.1 Å². The van der Waals surface area contributed by atoms with Gasteiger partial charge in [0.25, 0.3) is 0 Å². The number of nitrogens with one attached hydrogen (secondary N) is 1. The Labute approximate surface area is 182 Å². The Kier molecular flexibility index (Phi) is 7.11. The molecule has 0 aliphatic heterocycles. The molecule has 2 aromatic carbocycles. The van der Waals surface area contributed by atoms with Gasteiger partial charge in [-0.15, -0.1) is 10.2 Å². The van der Waals surface area contributed by atoms with Crippen molar-refractivity contribution in [2.75, 3.05) is 12.4 Å². The van der Waals surface area contributed by atoms with Crippen molar-refractivity contribution in [1.29, 1.82) is 0 Å². The molecule has 0 saturated heterocycles. The molecule has 0 bridgehead atoms. The third-order valence-corrected chi connectivity index (χ3v) is 5.58. The molecule has 1 aromatic heterocycles. The van der Waals surface area contributed by atoms with Crippen molar-refractivity contribution >= 4 is 23.4 Å². The van der Waals surface area contributed by atoms with Gasteiger partial charge in [-0.3, -0.25) is 4.79 Å². The number of carbonyl (C=O) groups is 1. The predicted molar refractivity (Wildman–Crippen MR) is 113 cm³/mol. The van der Waals surface area contributed by atoms with E-state index in [1.807, 2.05) is 6.92 Å². The first kappa shape index (κ1) is 22.5. The molecule has 0 radical (unpaired) electrons. The van der Waals surface area contributed by atoms with E-state index in [-0.39, 0.29) is 5.69 Å². The van der Waals surface area contributed by atoms with Crippen LogP contribution in [-0.4, -0.2) is 33.0 Å². The molecule has 10 heteroatoms. The molecule has 1 N–H and O–H groups in total. The third-order valence-electron chi connectivity index (χ3n) is 4.44. The van der Waals surface area contributed by atoms with Crippen molar-refractivity contribution in [3.63, 3.8) is 0 Å². The van der Waals surface area contributed by atoms with Gasteiger partial charge in [-0.05, 0) is 50.2 Å². The second kappa shape index (κ2) is 9.78. The maximum Gasteiger partial charge on any atom is 0.237 e. The summed E-state index contributed by atoms with van der Waals surface area (Å²) in [6.07, 6.45) is -0.391. The zero-order valence-corrected chi connectivity index (χ0v) is 18.2. The molecule has 2 atom stereocenters. The zero-order chi connectivity index (χ0) is 22.5. The fourth-order valence-corrected chi connectivity index (χ4v) is 3.55. The van der Waals surface area contributed by atoms with E-state index >= 15 is 0 Å². The number of anilines is 1. The van der Waals surface area contributed by atoms with Gasteiger partial charge in [0.1, 0.15) is 23.1 Å². The minimum atomic E-state index is -0.837. The second-order valence-electron chi connectivity index (χ2n) is 6.71. The topological polar surface area (TPSA) is 78.3 Å². The Balaban J connectivity index is 1.63. The first-order valence-electron chi connectivity index (χ1n) is 9.41. The highest BCUT2D eigenvalue weighted by Crippen LogP contribution is 2.27. The number of methoxy groups -OCH3 is 1. The summed E-state index contributed by atoms with van der Waals surface area (Å²) in [6, 6.07) is 10.2. The summed E-state index contributed by atoms with van der Waals surface area (Å²) >= 11 is 1.16. The van der Waals surface area contributed by atoms with Crippen LogP contribution in [0.4, 0.5) is 14.5 Å². The van der Waals surface area contributed by atoms with Gasteiger partial charge in [0.2, 0.25) is 5.91 Å². The lowest BCUT2D eigenvalue weighted by atomic mass is 10.3. The minimum absolute atomic E-state index is 0.0842. The van der Waals surface area contributed by atoms with Crippen LogP contribution in [-0.2, 0) is 11.8 Å². The Morgan fingerprint density at radius 3 is 2.42 bits per heavy atom. The summed E-state index contributed by atoms with van der Waals surface area (Å²) < 4.78 is 39.6. The largest absolute Gasteiger partial charge is 0.497 e. The monoisotopic (exact) mass is 448 g/mol. The minimum Gasteiger partial charge on any atom is -0.497 e. The van der Waals surface area contributed by atoms with E-state index in [0.717, 1.165) is 23.6 Å². The lowest BCUT2D eigenvalue weighted by Crippen LogP contribution is -2.23. The van der Waals surface area contributed by atoms with Crippen molar-refractivity contribution in [2.45, 2.75) is 30.4 Å². The number of aromatic nitrogens is 3. The molecule has 1 heterocycles. The van der Waals surface area contributed by atoms with E-state index in [4.69, 9.17) is 9.47 Å². The second-order valence-corrected chi connectivity index (χ2v) is 8.02. The van der Waals surface area contributed by atoms with Crippen LogP contribution in [0.1, 0.15) is 25.8 Å². The van der Waals surface area contributed by atoms with Gasteiger partial charge in [-0.2, -0.15) is 0 Å². The summed E-state index contributed by atoms with van der Waals surface area (Å²) in [6.45, 7) is 3.50. The SMILES string of the molecule is COc1ccc(OC(C)c2nnc(SC(C)C(=O)Nc3ccc(F)cc3F)n2C)cc1. The molecular formula is C21H22F2N4O3S. The van der Waals surface area contributed by atoms with E-state index < -0.39 is 28.9 Å². The van der Waals surface area contributed by atoms with Crippen molar-refractivity contribution < 1.29 is 23.0 Å². The molecular weight excluding hydrogens is 426 g/mol. The summed E-state index contributed by atoms with van der Waals surface area (Å²) in [5, 5.41) is 10.7. The Hall–Kier alpha value is -3.14. The number of carbonyl (C=O) groups excluding carboxylic acids is 1. The van der Waals surface area contributed by atoms with Crippen molar-refractivity contribution in [3.05, 3.63) is 59.9 Å². The number of ether oxygens (including phenoxy) is 2. The molecule has 31 heavy (non-hydrogen) atoms. The van der Waals surface area contributed by atoms with Crippen molar-refractivity contribution in [2.24, 2.45) is 7.05 Å². The molecule has 2 unspecified atom stereocenters. The fraction of sp³-hybridized carbons (Fsp3) is 0.286. The molecule has 1 amide bonds. The Bertz CT molecular complexity index is 1060. The first-order valence-corrected chi connectivity index (χ1v) is 10.3. The van der Waals surface area contributed by atoms with Crippen LogP contribution >= 0.6 is 11.8 Å². The molecule has 3 rings (SSSR count). The summed E-state index contributed by atoms with van der Waals surface area (Å²) in [7, 11) is 3.37. The van der Waals surface area contributed by atoms with Crippen LogP contribution in [0, 0.1) is 11.6 Å². The lowest BCUT2D eigenvalue weighted by Gasteiger charge is -2.15. The van der Waals surface area contributed by atoms with Gasteiger partial charge >= 0.3 is 0 Å². The maximum absolute atomic E-state index is 13.8. The van der Waals surface area contributed by atoms with Crippen LogP contribution in [0.25, 0.3) is 0 Å². The highest BCUT2D eigenvalue weighted by molar-refractivity contribution is 8.00. The van der Waals surface area contributed by atoms with Crippen molar-refractivity contribution in [3.8, 4) is 11.5 Å². The van der Waals surface area contributed by atoms with E-state index in [0.29, 0.717) is 22.8 Å². The van der Waals surface area contributed by atoms with Gasteiger partial charge in [-0.25, -0.2) is 8.78 Å². The van der Waals surface area contributed by atoms with E-state index in [1.165, 1.54) is 6.07 Å². The summed E-state index contributed by atoms with van der Waals surface area (Å²) in [4.78, 5) is 12.4. The Morgan fingerprint density at radius 1 is 1.10 bits per heavy atom. The van der Waals surface area contributed by atoms with Gasteiger partial charge < -0.3 is 19.4 Å². The third kappa shape index (κ3) is 5.52. The lowest BCUT2D eigenvalue weighted by molar-refractivity contribution is -0.115. The highest BCUT2D eigenvalue weighted by Gasteiger charge is 2.22.